The second kappa shape index (κ2) is 5.81. The van der Waals surface area contributed by atoms with Gasteiger partial charge in [0.1, 0.15) is 11.9 Å². The predicted octanol–water partition coefficient (Wildman–Crippen LogP) is 3.75. The molecular weight excluding hydrogens is 316 g/mol. The van der Waals surface area contributed by atoms with Gasteiger partial charge in [0.2, 0.25) is 0 Å². The maximum absolute atomic E-state index is 6.28. The highest BCUT2D eigenvalue weighted by atomic mass is 16.5. The van der Waals surface area contributed by atoms with Gasteiger partial charge in [0.05, 0.1) is 12.5 Å². The van der Waals surface area contributed by atoms with Crippen LogP contribution in [0.2, 0.25) is 0 Å². The fraction of sp³-hybridized carbons (Fsp3) is 0.263. The first-order valence-electron chi connectivity index (χ1n) is 8.55. The third kappa shape index (κ3) is 2.50. The van der Waals surface area contributed by atoms with Gasteiger partial charge in [-0.2, -0.15) is 5.10 Å². The molecule has 1 aliphatic rings. The zero-order valence-electron chi connectivity index (χ0n) is 13.7. The lowest BCUT2D eigenvalue weighted by molar-refractivity contribution is 0.173. The molecule has 0 saturated carbocycles. The van der Waals surface area contributed by atoms with E-state index >= 15 is 0 Å². The van der Waals surface area contributed by atoms with Crippen LogP contribution in [0.15, 0.2) is 53.4 Å². The van der Waals surface area contributed by atoms with Crippen molar-refractivity contribution in [1.82, 2.24) is 15.2 Å². The highest BCUT2D eigenvalue weighted by Gasteiger charge is 2.24. The number of aromatic amines is 1. The number of hydrogen-bond acceptors (Lipinski definition) is 5. The molecule has 0 radical (unpaired) electrons. The summed E-state index contributed by atoms with van der Waals surface area (Å²) in [6.07, 6.45) is 7.46. The smallest absolute Gasteiger partial charge is 0.195 e. The van der Waals surface area contributed by atoms with Gasteiger partial charge in [-0.3, -0.25) is 0 Å². The van der Waals surface area contributed by atoms with Gasteiger partial charge in [0, 0.05) is 48.4 Å². The van der Waals surface area contributed by atoms with E-state index in [4.69, 9.17) is 9.15 Å². The molecule has 4 heterocycles. The number of furan rings is 1. The molecule has 1 aliphatic heterocycles. The number of aromatic nitrogens is 3. The molecule has 0 bridgehead atoms. The third-order valence-corrected chi connectivity index (χ3v) is 4.84. The quantitative estimate of drug-likeness (QED) is 0.618. The van der Waals surface area contributed by atoms with E-state index in [1.807, 2.05) is 24.4 Å². The van der Waals surface area contributed by atoms with Gasteiger partial charge in [-0.1, -0.05) is 6.07 Å². The first-order valence-corrected chi connectivity index (χ1v) is 8.55. The maximum Gasteiger partial charge on any atom is 0.195 e. The zero-order chi connectivity index (χ0) is 16.6. The van der Waals surface area contributed by atoms with Crippen LogP contribution in [0.5, 0.6) is 5.75 Å². The number of anilines is 1. The Morgan fingerprint density at radius 2 is 2.08 bits per heavy atom. The molecule has 1 N–H and O–H groups in total. The minimum atomic E-state index is 0.209. The van der Waals surface area contributed by atoms with Crippen molar-refractivity contribution >= 4 is 27.7 Å². The van der Waals surface area contributed by atoms with Crippen LogP contribution in [0.1, 0.15) is 12.8 Å². The summed E-state index contributed by atoms with van der Waals surface area (Å²) in [4.78, 5) is 5.46. The first-order chi connectivity index (χ1) is 12.4. The average molecular weight is 334 g/mol. The lowest BCUT2D eigenvalue weighted by Gasteiger charge is -2.32. The van der Waals surface area contributed by atoms with Gasteiger partial charge in [-0.05, 0) is 24.3 Å². The number of piperidine rings is 1. The van der Waals surface area contributed by atoms with Crippen molar-refractivity contribution in [2.45, 2.75) is 18.9 Å². The van der Waals surface area contributed by atoms with Gasteiger partial charge in [-0.25, -0.2) is 0 Å². The number of nitrogens with zero attached hydrogens (tertiary/aromatic N) is 3. The van der Waals surface area contributed by atoms with Crippen molar-refractivity contribution in [2.24, 2.45) is 0 Å². The summed E-state index contributed by atoms with van der Waals surface area (Å²) in [6, 6.07) is 10.1. The molecule has 6 nitrogen and oxygen atoms in total. The monoisotopic (exact) mass is 334 g/mol. The molecular formula is C19H18N4O2. The van der Waals surface area contributed by atoms with E-state index in [-0.39, 0.29) is 6.10 Å². The fourth-order valence-corrected chi connectivity index (χ4v) is 3.52. The Hall–Kier alpha value is -3.02. The van der Waals surface area contributed by atoms with Crippen LogP contribution in [0, 0.1) is 0 Å². The van der Waals surface area contributed by atoms with Crippen LogP contribution >= 0.6 is 0 Å². The summed E-state index contributed by atoms with van der Waals surface area (Å²) in [5.41, 5.74) is 1.92. The Balaban J connectivity index is 1.31. The largest absolute Gasteiger partial charge is 0.490 e. The normalized spacial score (nSPS) is 15.9. The van der Waals surface area contributed by atoms with Gasteiger partial charge in [-0.15, -0.1) is 5.10 Å². The number of hydrogen-bond donors (Lipinski definition) is 1. The van der Waals surface area contributed by atoms with Crippen molar-refractivity contribution in [1.29, 1.82) is 0 Å². The summed E-state index contributed by atoms with van der Waals surface area (Å²) >= 11 is 0. The molecule has 25 heavy (non-hydrogen) atoms. The highest BCUT2D eigenvalue weighted by molar-refractivity contribution is 5.86. The Bertz CT molecular complexity index is 1010. The molecule has 126 valence electrons. The molecule has 1 saturated heterocycles. The molecule has 4 aromatic rings. The van der Waals surface area contributed by atoms with Crippen LogP contribution in [0.4, 0.5) is 5.82 Å². The van der Waals surface area contributed by atoms with Gasteiger partial charge in [0.25, 0.3) is 0 Å². The first kappa shape index (κ1) is 14.3. The number of H-pyrrole nitrogens is 1. The van der Waals surface area contributed by atoms with Crippen LogP contribution in [-0.4, -0.2) is 34.4 Å². The predicted molar refractivity (Wildman–Crippen MR) is 96.0 cm³/mol. The van der Waals surface area contributed by atoms with Crippen molar-refractivity contribution in [3.63, 3.8) is 0 Å². The molecule has 0 aliphatic carbocycles. The number of rotatable bonds is 3. The minimum absolute atomic E-state index is 0.209. The van der Waals surface area contributed by atoms with E-state index < -0.39 is 0 Å². The third-order valence-electron chi connectivity index (χ3n) is 4.84. The number of ether oxygens (including phenoxy) is 1. The Labute approximate surface area is 144 Å². The van der Waals surface area contributed by atoms with Crippen molar-refractivity contribution in [2.75, 3.05) is 18.0 Å². The van der Waals surface area contributed by atoms with Crippen LogP contribution < -0.4 is 9.64 Å². The lowest BCUT2D eigenvalue weighted by Crippen LogP contribution is -2.38. The van der Waals surface area contributed by atoms with E-state index in [1.165, 1.54) is 0 Å². The van der Waals surface area contributed by atoms with E-state index in [1.54, 1.807) is 12.5 Å². The maximum atomic E-state index is 6.28. The van der Waals surface area contributed by atoms with E-state index in [0.717, 1.165) is 59.4 Å². The van der Waals surface area contributed by atoms with Crippen LogP contribution in [0.3, 0.4) is 0 Å². The molecule has 3 aromatic heterocycles. The van der Waals surface area contributed by atoms with E-state index in [9.17, 15) is 0 Å². The molecule has 0 amide bonds. The second-order valence-corrected chi connectivity index (χ2v) is 6.37. The zero-order valence-corrected chi connectivity index (χ0v) is 13.7. The Kier molecular flexibility index (Phi) is 3.33. The Morgan fingerprint density at radius 3 is 3.00 bits per heavy atom. The summed E-state index contributed by atoms with van der Waals surface area (Å²) in [5.74, 6) is 1.78. The standard InChI is InChI=1S/C19H18N4O2/c1-2-16-15(4-8-20-16)17(3-1)25-14-5-9-23(10-6-14)19-18-13(7-11-24-18)12-21-22-19/h1-4,7-8,11-12,14,20H,5-6,9-10H2. The number of benzene rings is 1. The van der Waals surface area contributed by atoms with Crippen LogP contribution in [0.25, 0.3) is 21.9 Å². The molecule has 0 atom stereocenters. The molecule has 1 aromatic carbocycles. The SMILES string of the molecule is c1cc(OC2CCN(c3nncc4ccoc34)CC2)c2cc[nH]c2c1. The number of nitrogens with one attached hydrogen (secondary N) is 1. The van der Waals surface area contributed by atoms with Crippen LogP contribution in [-0.2, 0) is 0 Å². The molecule has 5 rings (SSSR count). The minimum Gasteiger partial charge on any atom is -0.490 e. The van der Waals surface area contributed by atoms with Gasteiger partial charge in [0.15, 0.2) is 11.4 Å². The van der Waals surface area contributed by atoms with Crippen molar-refractivity contribution in [3.05, 3.63) is 49.0 Å². The second-order valence-electron chi connectivity index (χ2n) is 6.37. The lowest BCUT2D eigenvalue weighted by atomic mass is 10.1. The summed E-state index contributed by atoms with van der Waals surface area (Å²) in [5, 5.41) is 10.5. The van der Waals surface area contributed by atoms with Gasteiger partial charge < -0.3 is 19.0 Å². The van der Waals surface area contributed by atoms with Gasteiger partial charge >= 0.3 is 0 Å². The fourth-order valence-electron chi connectivity index (χ4n) is 3.52. The molecule has 6 heteroatoms. The summed E-state index contributed by atoms with van der Waals surface area (Å²) < 4.78 is 11.9. The van der Waals surface area contributed by atoms with Crippen molar-refractivity contribution < 1.29 is 9.15 Å². The number of fused-ring (bicyclic) bond motifs is 2. The summed E-state index contributed by atoms with van der Waals surface area (Å²) in [7, 11) is 0. The average Bonchev–Trinajstić information content (AvgIpc) is 3.32. The summed E-state index contributed by atoms with van der Waals surface area (Å²) in [6.45, 7) is 1.75. The Morgan fingerprint density at radius 1 is 1.16 bits per heavy atom. The van der Waals surface area contributed by atoms with E-state index in [2.05, 4.69) is 32.2 Å². The molecule has 1 fully saturated rings. The van der Waals surface area contributed by atoms with E-state index in [0.29, 0.717) is 0 Å². The molecule has 0 spiro atoms. The molecule has 0 unspecified atom stereocenters. The van der Waals surface area contributed by atoms with Crippen molar-refractivity contribution in [3.8, 4) is 5.75 Å². The topological polar surface area (TPSA) is 67.2 Å². The highest BCUT2D eigenvalue weighted by Crippen LogP contribution is 2.30.